The van der Waals surface area contributed by atoms with Gasteiger partial charge in [-0.25, -0.2) is 4.98 Å². The number of rotatable bonds is 5. The summed E-state index contributed by atoms with van der Waals surface area (Å²) in [6.07, 6.45) is 1.17. The quantitative estimate of drug-likeness (QED) is 0.289. The Morgan fingerprint density at radius 1 is 1.07 bits per heavy atom. The smallest absolute Gasteiger partial charge is 0.305 e. The number of nitrogens with one attached hydrogen (secondary N) is 2. The van der Waals surface area contributed by atoms with Crippen molar-refractivity contribution in [3.63, 3.8) is 0 Å². The third-order valence-electron chi connectivity index (χ3n) is 9.45. The molecule has 0 fully saturated rings. The number of ether oxygens (including phenoxy) is 1. The third-order valence-corrected chi connectivity index (χ3v) is 9.45. The summed E-state index contributed by atoms with van der Waals surface area (Å²) in [5.74, 6) is 0.202. The van der Waals surface area contributed by atoms with Gasteiger partial charge in [-0.05, 0) is 81.0 Å². The summed E-state index contributed by atoms with van der Waals surface area (Å²) in [6.45, 7) is 12.2. The van der Waals surface area contributed by atoms with Crippen LogP contribution in [0.5, 0.6) is 0 Å². The Balaban J connectivity index is 1.76. The largest absolute Gasteiger partial charge is 0.469 e. The second kappa shape index (κ2) is 10.3. The van der Waals surface area contributed by atoms with Crippen LogP contribution in [0.15, 0.2) is 18.2 Å². The standard InChI is InChI=1S/C34H38N4O4/c1-8-20-15(2)23-14-28-31(19(6)39)17(4)25(36-28)12-24-16(3)21(9-10-30(41)42-7)33(37-24)22-11-29(40)32-18(5)26(38-34(22)32)13-27(20)35-23/h12-15,19-20,36,38-39H,8-11H2,1-7H3/t15-,19?,20-/m1/s1. The first kappa shape index (κ1) is 28.1. The van der Waals surface area contributed by atoms with Gasteiger partial charge in [0.25, 0.3) is 0 Å². The Hall–Kier alpha value is -4.04. The van der Waals surface area contributed by atoms with Gasteiger partial charge in [-0.15, -0.1) is 0 Å². The molecule has 0 aromatic carbocycles. The van der Waals surface area contributed by atoms with Crippen LogP contribution in [0, 0.1) is 13.8 Å². The zero-order valence-corrected chi connectivity index (χ0v) is 25.4. The van der Waals surface area contributed by atoms with Crippen LogP contribution < -0.4 is 0 Å². The van der Waals surface area contributed by atoms with Crippen molar-refractivity contribution in [1.29, 1.82) is 0 Å². The first-order valence-electron chi connectivity index (χ1n) is 14.8. The lowest BCUT2D eigenvalue weighted by atomic mass is 9.89. The number of carbonyl (C=O) groups is 2. The van der Waals surface area contributed by atoms with Crippen LogP contribution in [0.3, 0.4) is 0 Å². The molecule has 0 saturated carbocycles. The van der Waals surface area contributed by atoms with E-state index < -0.39 is 6.10 Å². The highest BCUT2D eigenvalue weighted by molar-refractivity contribution is 6.14. The number of allylic oxidation sites excluding steroid dienone is 2. The number of methoxy groups -OCH3 is 1. The molecule has 3 aromatic rings. The van der Waals surface area contributed by atoms with Crippen LogP contribution in [0.4, 0.5) is 0 Å². The van der Waals surface area contributed by atoms with Crippen molar-refractivity contribution in [2.75, 3.05) is 7.11 Å². The summed E-state index contributed by atoms with van der Waals surface area (Å²) in [7, 11) is 1.39. The van der Waals surface area contributed by atoms with E-state index in [1.807, 2.05) is 26.8 Å². The molecule has 8 heteroatoms. The molecule has 1 aliphatic carbocycles. The van der Waals surface area contributed by atoms with Gasteiger partial charge in [0.15, 0.2) is 5.78 Å². The van der Waals surface area contributed by atoms with E-state index >= 15 is 0 Å². The van der Waals surface area contributed by atoms with Crippen molar-refractivity contribution in [2.45, 2.75) is 85.2 Å². The molecule has 0 amide bonds. The molecule has 0 radical (unpaired) electrons. The second-order valence-corrected chi connectivity index (χ2v) is 11.9. The lowest BCUT2D eigenvalue weighted by Crippen LogP contribution is -2.02. The van der Waals surface area contributed by atoms with Crippen LogP contribution in [0.2, 0.25) is 0 Å². The highest BCUT2D eigenvalue weighted by atomic mass is 16.5. The summed E-state index contributed by atoms with van der Waals surface area (Å²) >= 11 is 0. The van der Waals surface area contributed by atoms with E-state index in [2.05, 4.69) is 35.9 Å². The number of aliphatic hydroxyl groups is 1. The van der Waals surface area contributed by atoms with E-state index in [-0.39, 0.29) is 36.4 Å². The van der Waals surface area contributed by atoms with Gasteiger partial charge in [-0.2, -0.15) is 0 Å². The fraction of sp³-hybridized carbons (Fsp3) is 0.412. The molecule has 1 unspecified atom stereocenters. The Morgan fingerprint density at radius 3 is 2.48 bits per heavy atom. The van der Waals surface area contributed by atoms with Gasteiger partial charge in [0.05, 0.1) is 30.1 Å². The fourth-order valence-corrected chi connectivity index (χ4v) is 7.05. The lowest BCUT2D eigenvalue weighted by Gasteiger charge is -2.13. The number of aryl methyl sites for hydroxylation is 2. The van der Waals surface area contributed by atoms with Crippen LogP contribution in [-0.2, 0) is 16.0 Å². The van der Waals surface area contributed by atoms with Crippen LogP contribution in [0.25, 0.3) is 33.2 Å². The number of aliphatic hydroxyl groups excluding tert-OH is 1. The van der Waals surface area contributed by atoms with Crippen molar-refractivity contribution >= 4 is 45.0 Å². The molecule has 6 rings (SSSR count). The minimum absolute atomic E-state index is 0.0698. The molecule has 3 aliphatic rings. The van der Waals surface area contributed by atoms with Crippen LogP contribution in [-0.4, -0.2) is 43.9 Å². The molecule has 8 bridgehead atoms. The van der Waals surface area contributed by atoms with E-state index in [1.165, 1.54) is 7.11 Å². The molecule has 3 aromatic heterocycles. The van der Waals surface area contributed by atoms with Gasteiger partial charge in [0, 0.05) is 69.3 Å². The maximum atomic E-state index is 13.4. The first-order valence-corrected chi connectivity index (χ1v) is 14.8. The number of Topliss-reactive ketones (excluding diaryl/α,β-unsaturated/α-hetero) is 1. The van der Waals surface area contributed by atoms with Crippen molar-refractivity contribution in [3.8, 4) is 0 Å². The summed E-state index contributed by atoms with van der Waals surface area (Å²) < 4.78 is 4.94. The summed E-state index contributed by atoms with van der Waals surface area (Å²) in [5, 5.41) is 10.8. The maximum absolute atomic E-state index is 13.4. The number of hydrogen-bond donors (Lipinski definition) is 3. The number of hydrogen-bond acceptors (Lipinski definition) is 6. The van der Waals surface area contributed by atoms with E-state index in [4.69, 9.17) is 14.7 Å². The van der Waals surface area contributed by atoms with E-state index in [0.717, 1.165) is 84.7 Å². The lowest BCUT2D eigenvalue weighted by molar-refractivity contribution is -0.140. The van der Waals surface area contributed by atoms with Gasteiger partial charge in [-0.3, -0.25) is 14.6 Å². The van der Waals surface area contributed by atoms with E-state index in [1.54, 1.807) is 6.92 Å². The second-order valence-electron chi connectivity index (χ2n) is 11.9. The number of aromatic amines is 2. The fourth-order valence-electron chi connectivity index (χ4n) is 7.05. The van der Waals surface area contributed by atoms with Crippen molar-refractivity contribution in [3.05, 3.63) is 68.8 Å². The van der Waals surface area contributed by atoms with Gasteiger partial charge >= 0.3 is 5.97 Å². The molecule has 42 heavy (non-hydrogen) atoms. The molecule has 2 aliphatic heterocycles. The summed E-state index contributed by atoms with van der Waals surface area (Å²) in [5.41, 5.74) is 13.0. The van der Waals surface area contributed by atoms with Gasteiger partial charge < -0.3 is 19.8 Å². The minimum atomic E-state index is -0.677. The Labute approximate surface area is 245 Å². The molecular formula is C34H38N4O4. The molecule has 3 atom stereocenters. The number of nitrogens with zero attached hydrogens (tertiary/aromatic N) is 2. The van der Waals surface area contributed by atoms with Crippen molar-refractivity contribution < 1.29 is 19.4 Å². The highest BCUT2D eigenvalue weighted by Gasteiger charge is 2.32. The Bertz CT molecular complexity index is 1860. The first-order chi connectivity index (χ1) is 20.0. The number of fused-ring (bicyclic) bond motifs is 8. The predicted molar refractivity (Wildman–Crippen MR) is 164 cm³/mol. The molecule has 5 heterocycles. The SMILES string of the molecule is CC[C@H]1c2cc3[nH]c4c(c5nc(cc6[nH]c(cc(n2)[C@@H]1C)c(C(C)O)c6C)C(C)=C5CCC(=O)OC)CC(=O)c4c3C. The number of ketones is 1. The summed E-state index contributed by atoms with van der Waals surface area (Å²) in [4.78, 5) is 42.9. The third kappa shape index (κ3) is 4.31. The monoisotopic (exact) mass is 566 g/mol. The number of carbonyl (C=O) groups excluding carboxylic acids is 2. The van der Waals surface area contributed by atoms with Gasteiger partial charge in [0.2, 0.25) is 0 Å². The number of H-pyrrole nitrogens is 2. The topological polar surface area (TPSA) is 121 Å². The zero-order chi connectivity index (χ0) is 30.0. The molecule has 3 N–H and O–H groups in total. The predicted octanol–water partition coefficient (Wildman–Crippen LogP) is 6.90. The average molecular weight is 567 g/mol. The molecular weight excluding hydrogens is 528 g/mol. The number of esters is 1. The van der Waals surface area contributed by atoms with Crippen molar-refractivity contribution in [1.82, 2.24) is 19.9 Å². The zero-order valence-electron chi connectivity index (χ0n) is 25.4. The minimum Gasteiger partial charge on any atom is -0.469 e. The summed E-state index contributed by atoms with van der Waals surface area (Å²) in [6, 6.07) is 6.18. The maximum Gasteiger partial charge on any atom is 0.305 e. The van der Waals surface area contributed by atoms with Crippen molar-refractivity contribution in [2.24, 2.45) is 0 Å². The molecule has 0 spiro atoms. The molecule has 218 valence electrons. The average Bonchev–Trinajstić information content (AvgIpc) is 3.70. The van der Waals surface area contributed by atoms with Gasteiger partial charge in [0.1, 0.15) is 0 Å². The van der Waals surface area contributed by atoms with Crippen LogP contribution in [0.1, 0.15) is 120 Å². The van der Waals surface area contributed by atoms with Gasteiger partial charge in [-0.1, -0.05) is 13.8 Å². The normalized spacial score (nSPS) is 18.6. The van der Waals surface area contributed by atoms with E-state index in [9.17, 15) is 14.7 Å². The Kier molecular flexibility index (Phi) is 6.92. The highest BCUT2D eigenvalue weighted by Crippen LogP contribution is 2.42. The van der Waals surface area contributed by atoms with E-state index in [0.29, 0.717) is 12.0 Å². The Morgan fingerprint density at radius 2 is 1.79 bits per heavy atom. The molecule has 0 saturated heterocycles. The van der Waals surface area contributed by atoms with Crippen LogP contribution >= 0.6 is 0 Å². The number of aromatic nitrogens is 4. The molecule has 8 nitrogen and oxygen atoms in total.